The molecule has 5 nitrogen and oxygen atoms in total. The maximum absolute atomic E-state index is 5.67. The van der Waals surface area contributed by atoms with E-state index in [2.05, 4.69) is 33.9 Å². The minimum Gasteiger partial charge on any atom is -0.497 e. The van der Waals surface area contributed by atoms with Crippen LogP contribution in [0.25, 0.3) is 22.2 Å². The molecule has 1 fully saturated rings. The van der Waals surface area contributed by atoms with Crippen molar-refractivity contribution in [2.45, 2.75) is 18.9 Å². The fourth-order valence-corrected chi connectivity index (χ4v) is 3.57. The first-order valence-corrected chi connectivity index (χ1v) is 8.57. The van der Waals surface area contributed by atoms with Crippen LogP contribution in [0.15, 0.2) is 42.7 Å². The summed E-state index contributed by atoms with van der Waals surface area (Å²) in [5, 5.41) is 2.22. The van der Waals surface area contributed by atoms with Crippen molar-refractivity contribution in [2.24, 2.45) is 0 Å². The second-order valence-electron chi connectivity index (χ2n) is 6.23. The molecule has 0 bridgehead atoms. The molecule has 0 N–H and O–H groups in total. The molecule has 2 aromatic carbocycles. The van der Waals surface area contributed by atoms with Gasteiger partial charge in [-0.25, -0.2) is 4.98 Å². The maximum Gasteiger partial charge on any atom is 0.144 e. The largest absolute Gasteiger partial charge is 0.497 e. The second kappa shape index (κ2) is 6.76. The van der Waals surface area contributed by atoms with Crippen LogP contribution < -0.4 is 9.47 Å². The lowest BCUT2D eigenvalue weighted by Gasteiger charge is -2.25. The van der Waals surface area contributed by atoms with Gasteiger partial charge in [0, 0.05) is 37.0 Å². The van der Waals surface area contributed by atoms with Gasteiger partial charge >= 0.3 is 0 Å². The van der Waals surface area contributed by atoms with Crippen LogP contribution >= 0.6 is 0 Å². The smallest absolute Gasteiger partial charge is 0.144 e. The molecule has 0 atom stereocenters. The lowest BCUT2D eigenvalue weighted by atomic mass is 10.0. The Morgan fingerprint density at radius 2 is 1.88 bits per heavy atom. The van der Waals surface area contributed by atoms with Crippen LogP contribution in [0.5, 0.6) is 11.5 Å². The van der Waals surface area contributed by atoms with Gasteiger partial charge in [0.15, 0.2) is 0 Å². The van der Waals surface area contributed by atoms with E-state index in [1.54, 1.807) is 14.2 Å². The highest BCUT2D eigenvalue weighted by Crippen LogP contribution is 2.39. The van der Waals surface area contributed by atoms with E-state index in [-0.39, 0.29) is 0 Å². The summed E-state index contributed by atoms with van der Waals surface area (Å²) >= 11 is 0. The highest BCUT2D eigenvalue weighted by Gasteiger charge is 2.22. The van der Waals surface area contributed by atoms with E-state index in [0.29, 0.717) is 6.04 Å². The van der Waals surface area contributed by atoms with Gasteiger partial charge in [-0.3, -0.25) is 0 Å². The Kier molecular flexibility index (Phi) is 4.32. The molecule has 25 heavy (non-hydrogen) atoms. The molecule has 0 saturated carbocycles. The van der Waals surface area contributed by atoms with E-state index in [1.807, 2.05) is 18.3 Å². The van der Waals surface area contributed by atoms with Crippen molar-refractivity contribution in [1.82, 2.24) is 9.55 Å². The lowest BCUT2D eigenvalue weighted by Crippen LogP contribution is -2.19. The maximum atomic E-state index is 5.67. The Labute approximate surface area is 147 Å². The number of hydrogen-bond donors (Lipinski definition) is 0. The monoisotopic (exact) mass is 338 g/mol. The van der Waals surface area contributed by atoms with E-state index in [1.165, 1.54) is 0 Å². The summed E-state index contributed by atoms with van der Waals surface area (Å²) in [4.78, 5) is 4.68. The summed E-state index contributed by atoms with van der Waals surface area (Å²) in [5.74, 6) is 2.58. The Bertz CT molecular complexity index is 877. The highest BCUT2D eigenvalue weighted by molar-refractivity contribution is 5.99. The van der Waals surface area contributed by atoms with Crippen molar-refractivity contribution < 1.29 is 14.2 Å². The number of benzene rings is 2. The van der Waals surface area contributed by atoms with E-state index < -0.39 is 0 Å². The zero-order valence-corrected chi connectivity index (χ0v) is 14.6. The van der Waals surface area contributed by atoms with Crippen molar-refractivity contribution in [1.29, 1.82) is 0 Å². The average molecular weight is 338 g/mol. The molecule has 0 amide bonds. The molecule has 0 aliphatic carbocycles. The number of aromatic nitrogens is 2. The van der Waals surface area contributed by atoms with Crippen molar-refractivity contribution in [2.75, 3.05) is 27.4 Å². The fraction of sp³-hybridized carbons (Fsp3) is 0.350. The molecule has 0 radical (unpaired) electrons. The van der Waals surface area contributed by atoms with Gasteiger partial charge in [-0.1, -0.05) is 12.1 Å². The third kappa shape index (κ3) is 2.85. The quantitative estimate of drug-likeness (QED) is 0.719. The number of nitrogens with zero attached hydrogens (tertiary/aromatic N) is 2. The second-order valence-corrected chi connectivity index (χ2v) is 6.23. The minimum absolute atomic E-state index is 0.400. The van der Waals surface area contributed by atoms with Gasteiger partial charge in [0.25, 0.3) is 0 Å². The van der Waals surface area contributed by atoms with Gasteiger partial charge in [-0.15, -0.1) is 0 Å². The third-order valence-electron chi connectivity index (χ3n) is 4.89. The van der Waals surface area contributed by atoms with Crippen LogP contribution in [0.2, 0.25) is 0 Å². The van der Waals surface area contributed by atoms with Gasteiger partial charge in [0.2, 0.25) is 0 Å². The molecule has 2 heterocycles. The highest BCUT2D eigenvalue weighted by atomic mass is 16.5. The van der Waals surface area contributed by atoms with Gasteiger partial charge in [-0.2, -0.15) is 0 Å². The standard InChI is InChI=1S/C20H22N2O3/c1-23-16-5-3-14-4-6-18(24-2)19(17(14)13-16)20-21-9-10-22(20)15-7-11-25-12-8-15/h3-6,9-10,13,15H,7-8,11-12H2,1-2H3. The van der Waals surface area contributed by atoms with Crippen molar-refractivity contribution >= 4 is 10.8 Å². The topological polar surface area (TPSA) is 45.5 Å². The first-order valence-electron chi connectivity index (χ1n) is 8.57. The average Bonchev–Trinajstić information content (AvgIpc) is 3.16. The van der Waals surface area contributed by atoms with Crippen molar-refractivity contribution in [3.63, 3.8) is 0 Å². The molecular formula is C20H22N2O3. The molecule has 1 aromatic heterocycles. The molecule has 5 heteroatoms. The number of methoxy groups -OCH3 is 2. The summed E-state index contributed by atoms with van der Waals surface area (Å²) in [6.45, 7) is 1.59. The van der Waals surface area contributed by atoms with Gasteiger partial charge in [-0.05, 0) is 36.4 Å². The number of rotatable bonds is 4. The summed E-state index contributed by atoms with van der Waals surface area (Å²) < 4.78 is 18.9. The van der Waals surface area contributed by atoms with E-state index >= 15 is 0 Å². The van der Waals surface area contributed by atoms with Crippen LogP contribution in [0.4, 0.5) is 0 Å². The third-order valence-corrected chi connectivity index (χ3v) is 4.89. The predicted molar refractivity (Wildman–Crippen MR) is 97.4 cm³/mol. The Morgan fingerprint density at radius 3 is 2.64 bits per heavy atom. The van der Waals surface area contributed by atoms with Gasteiger partial charge in [0.05, 0.1) is 19.8 Å². The molecule has 130 valence electrons. The normalized spacial score (nSPS) is 15.4. The van der Waals surface area contributed by atoms with E-state index in [9.17, 15) is 0 Å². The SMILES string of the molecule is COc1ccc2ccc(OC)c(-c3nccn3C3CCOCC3)c2c1. The number of fused-ring (bicyclic) bond motifs is 1. The Hall–Kier alpha value is -2.53. The predicted octanol–water partition coefficient (Wildman–Crippen LogP) is 4.07. The molecule has 1 aliphatic rings. The van der Waals surface area contributed by atoms with Crippen LogP contribution in [0.1, 0.15) is 18.9 Å². The molecule has 1 aliphatic heterocycles. The summed E-state index contributed by atoms with van der Waals surface area (Å²) in [6.07, 6.45) is 5.92. The number of imidazole rings is 1. The minimum atomic E-state index is 0.400. The van der Waals surface area contributed by atoms with Gasteiger partial charge < -0.3 is 18.8 Å². The molecular weight excluding hydrogens is 316 g/mol. The fourth-order valence-electron chi connectivity index (χ4n) is 3.57. The van der Waals surface area contributed by atoms with Crippen LogP contribution in [0.3, 0.4) is 0 Å². The Balaban J connectivity index is 1.92. The molecule has 0 unspecified atom stereocenters. The first kappa shape index (κ1) is 16.0. The van der Waals surface area contributed by atoms with Crippen LogP contribution in [-0.2, 0) is 4.74 Å². The zero-order chi connectivity index (χ0) is 17.2. The number of hydrogen-bond acceptors (Lipinski definition) is 4. The van der Waals surface area contributed by atoms with Crippen LogP contribution in [0, 0.1) is 0 Å². The van der Waals surface area contributed by atoms with Crippen molar-refractivity contribution in [3.05, 3.63) is 42.7 Å². The lowest BCUT2D eigenvalue weighted by molar-refractivity contribution is 0.0700. The molecule has 0 spiro atoms. The first-order chi connectivity index (χ1) is 12.3. The van der Waals surface area contributed by atoms with E-state index in [0.717, 1.165) is 59.7 Å². The number of ether oxygens (including phenoxy) is 3. The summed E-state index contributed by atoms with van der Waals surface area (Å²) in [6, 6.07) is 10.6. The molecule has 4 rings (SSSR count). The van der Waals surface area contributed by atoms with Crippen molar-refractivity contribution in [3.8, 4) is 22.9 Å². The zero-order valence-electron chi connectivity index (χ0n) is 14.6. The summed E-state index contributed by atoms with van der Waals surface area (Å²) in [5.41, 5.74) is 1.01. The summed E-state index contributed by atoms with van der Waals surface area (Å²) in [7, 11) is 3.39. The van der Waals surface area contributed by atoms with Gasteiger partial charge in [0.1, 0.15) is 17.3 Å². The molecule has 1 saturated heterocycles. The van der Waals surface area contributed by atoms with Crippen LogP contribution in [-0.4, -0.2) is 37.0 Å². The van der Waals surface area contributed by atoms with E-state index in [4.69, 9.17) is 14.2 Å². The molecule has 3 aromatic rings. The Morgan fingerprint density at radius 1 is 1.08 bits per heavy atom.